The third kappa shape index (κ3) is 3.10. The molecule has 0 bridgehead atoms. The first-order valence-electron chi connectivity index (χ1n) is 11.8. The topological polar surface area (TPSA) is 29.5 Å². The van der Waals surface area contributed by atoms with Gasteiger partial charge in [-0.3, -0.25) is 0 Å². The highest BCUT2D eigenvalue weighted by Gasteiger charge is 2.33. The molecule has 5 aromatic carbocycles. The number of rotatable bonds is 2. The molecule has 1 N–H and O–H groups in total. The predicted molar refractivity (Wildman–Crippen MR) is 145 cm³/mol. The molecule has 0 saturated heterocycles. The van der Waals surface area contributed by atoms with E-state index in [1.165, 1.54) is 54.9 Å². The fourth-order valence-electron chi connectivity index (χ4n) is 5.73. The van der Waals surface area contributed by atoms with Crippen LogP contribution in [-0.2, 0) is 0 Å². The molecule has 2 nitrogen and oxygen atoms in total. The lowest BCUT2D eigenvalue weighted by Crippen LogP contribution is -2.05. The molecule has 1 aliphatic heterocycles. The van der Waals surface area contributed by atoms with Crippen LogP contribution in [0.3, 0.4) is 0 Å². The summed E-state index contributed by atoms with van der Waals surface area (Å²) in [7, 11) is -1.38. The molecule has 0 aromatic heterocycles. The maximum absolute atomic E-state index is 11.1. The van der Waals surface area contributed by atoms with Crippen LogP contribution >= 0.6 is 8.15 Å². The Morgan fingerprint density at radius 2 is 1.21 bits per heavy atom. The van der Waals surface area contributed by atoms with Crippen molar-refractivity contribution in [1.82, 2.24) is 0 Å². The van der Waals surface area contributed by atoms with Crippen LogP contribution in [0.1, 0.15) is 23.6 Å². The second kappa shape index (κ2) is 7.94. The van der Waals surface area contributed by atoms with E-state index in [0.29, 0.717) is 0 Å². The van der Waals surface area contributed by atoms with Crippen molar-refractivity contribution >= 4 is 35.0 Å². The summed E-state index contributed by atoms with van der Waals surface area (Å²) in [5.74, 6) is 0.613. The Morgan fingerprint density at radius 3 is 1.76 bits per heavy atom. The van der Waals surface area contributed by atoms with Crippen molar-refractivity contribution in [2.45, 2.75) is 33.5 Å². The molecule has 168 valence electrons. The molecule has 0 fully saturated rings. The second-order valence-corrected chi connectivity index (χ2v) is 11.2. The first-order chi connectivity index (χ1) is 16.5. The van der Waals surface area contributed by atoms with Crippen LogP contribution in [0.4, 0.5) is 0 Å². The molecular formula is C31H27O2P. The summed E-state index contributed by atoms with van der Waals surface area (Å²) in [4.78, 5) is 11.1. The summed E-state index contributed by atoms with van der Waals surface area (Å²) in [6.07, 6.45) is 0. The summed E-state index contributed by atoms with van der Waals surface area (Å²) in [5.41, 5.74) is 8.72. The number of hydrogen-bond acceptors (Lipinski definition) is 2. The van der Waals surface area contributed by atoms with Gasteiger partial charge in [0.05, 0.1) is 5.30 Å². The normalized spacial score (nSPS) is 17.2. The highest BCUT2D eigenvalue weighted by atomic mass is 31.1. The van der Waals surface area contributed by atoms with Crippen molar-refractivity contribution in [3.8, 4) is 28.0 Å². The quantitative estimate of drug-likeness (QED) is 0.213. The minimum atomic E-state index is -1.38. The van der Waals surface area contributed by atoms with Gasteiger partial charge in [0.25, 0.3) is 0 Å². The Bertz CT molecular complexity index is 1520. The van der Waals surface area contributed by atoms with Crippen molar-refractivity contribution in [2.24, 2.45) is 0 Å². The Kier molecular flexibility index (Phi) is 4.99. The maximum atomic E-state index is 11.1. The zero-order valence-electron chi connectivity index (χ0n) is 19.9. The van der Waals surface area contributed by atoms with Gasteiger partial charge in [-0.2, -0.15) is 0 Å². The minimum Gasteiger partial charge on any atom is -0.483 e. The fraction of sp³-hybridized carbons (Fsp3) is 0.161. The highest BCUT2D eigenvalue weighted by molar-refractivity contribution is 7.61. The first kappa shape index (κ1) is 21.4. The Labute approximate surface area is 201 Å². The molecular weight excluding hydrogens is 435 g/mol. The van der Waals surface area contributed by atoms with E-state index in [9.17, 15) is 4.89 Å². The molecule has 3 heteroatoms. The third-order valence-corrected chi connectivity index (χ3v) is 8.71. The number of ether oxygens (including phenoxy) is 1. The van der Waals surface area contributed by atoms with Crippen molar-refractivity contribution in [3.05, 3.63) is 95.6 Å². The van der Waals surface area contributed by atoms with Crippen LogP contribution in [0.15, 0.2) is 78.9 Å². The molecule has 34 heavy (non-hydrogen) atoms. The Hall–Kier alpha value is -3.19. The van der Waals surface area contributed by atoms with Crippen LogP contribution in [0.2, 0.25) is 0 Å². The molecule has 0 radical (unpaired) electrons. The van der Waals surface area contributed by atoms with Crippen molar-refractivity contribution in [1.29, 1.82) is 0 Å². The lowest BCUT2D eigenvalue weighted by molar-refractivity contribution is 0.306. The minimum absolute atomic E-state index is 0.194. The summed E-state index contributed by atoms with van der Waals surface area (Å²) < 4.78 is 6.02. The maximum Gasteiger partial charge on any atom is 0.143 e. The van der Waals surface area contributed by atoms with Crippen LogP contribution in [0, 0.1) is 20.8 Å². The zero-order chi connectivity index (χ0) is 23.6. The molecule has 0 aliphatic carbocycles. The fourth-order valence-corrected chi connectivity index (χ4v) is 7.10. The molecule has 0 amide bonds. The van der Waals surface area contributed by atoms with Gasteiger partial charge >= 0.3 is 0 Å². The smallest absolute Gasteiger partial charge is 0.143 e. The molecule has 0 saturated carbocycles. The largest absolute Gasteiger partial charge is 0.483 e. The Balaban J connectivity index is 1.80. The average Bonchev–Trinajstić information content (AvgIpc) is 3.12. The van der Waals surface area contributed by atoms with Gasteiger partial charge in [0.2, 0.25) is 0 Å². The monoisotopic (exact) mass is 462 g/mol. The van der Waals surface area contributed by atoms with E-state index in [4.69, 9.17) is 4.74 Å². The summed E-state index contributed by atoms with van der Waals surface area (Å²) >= 11 is 0. The van der Waals surface area contributed by atoms with E-state index in [1.54, 1.807) is 0 Å². The van der Waals surface area contributed by atoms with E-state index >= 15 is 0 Å². The average molecular weight is 463 g/mol. The van der Waals surface area contributed by atoms with Crippen LogP contribution in [0.5, 0.6) is 5.75 Å². The SMILES string of the molecule is Cc1cc(C)c(-c2c3ccccc3c(-c3cccc4c3[P@@](O)[C@H](C)O4)c3ccccc23)c(C)c1. The van der Waals surface area contributed by atoms with Gasteiger partial charge in [0.1, 0.15) is 19.7 Å². The second-order valence-electron chi connectivity index (χ2n) is 9.33. The van der Waals surface area contributed by atoms with Crippen LogP contribution in [-0.4, -0.2) is 10.7 Å². The highest BCUT2D eigenvalue weighted by Crippen LogP contribution is 2.51. The van der Waals surface area contributed by atoms with E-state index in [-0.39, 0.29) is 5.85 Å². The summed E-state index contributed by atoms with van der Waals surface area (Å²) in [5, 5.41) is 5.82. The molecule has 1 heterocycles. The Morgan fingerprint density at radius 1 is 0.676 bits per heavy atom. The number of fused-ring (bicyclic) bond motifs is 3. The molecule has 2 atom stereocenters. The lowest BCUT2D eigenvalue weighted by Gasteiger charge is -2.21. The van der Waals surface area contributed by atoms with Gasteiger partial charge in [0.15, 0.2) is 0 Å². The van der Waals surface area contributed by atoms with E-state index in [0.717, 1.165) is 16.6 Å². The van der Waals surface area contributed by atoms with Gasteiger partial charge in [0, 0.05) is 0 Å². The zero-order valence-corrected chi connectivity index (χ0v) is 20.8. The third-order valence-electron chi connectivity index (χ3n) is 7.00. The summed E-state index contributed by atoms with van der Waals surface area (Å²) in [6.45, 7) is 8.55. The number of hydrogen-bond donors (Lipinski definition) is 1. The van der Waals surface area contributed by atoms with Gasteiger partial charge in [-0.05, 0) is 88.7 Å². The molecule has 0 spiro atoms. The van der Waals surface area contributed by atoms with Crippen molar-refractivity contribution < 1.29 is 9.63 Å². The van der Waals surface area contributed by atoms with Gasteiger partial charge < -0.3 is 9.63 Å². The van der Waals surface area contributed by atoms with Gasteiger partial charge in [-0.1, -0.05) is 78.4 Å². The molecule has 6 rings (SSSR count). The first-order valence-corrected chi connectivity index (χ1v) is 13.1. The molecule has 1 aliphatic rings. The van der Waals surface area contributed by atoms with E-state index in [2.05, 4.69) is 87.5 Å². The lowest BCUT2D eigenvalue weighted by atomic mass is 9.83. The van der Waals surface area contributed by atoms with E-state index in [1.807, 2.05) is 19.1 Å². The van der Waals surface area contributed by atoms with Gasteiger partial charge in [-0.15, -0.1) is 0 Å². The standard InChI is InChI=1S/C31H27O2P/c1-18-16-19(2)28(20(3)17-18)30-24-12-7-5-10-22(24)29(23-11-6-8-13-25(23)30)26-14-9-15-27-31(26)34(32)21(4)33-27/h5-17,21,32H,1-4H3/t21-,34+/m1/s1. The van der Waals surface area contributed by atoms with Gasteiger partial charge in [-0.25, -0.2) is 0 Å². The van der Waals surface area contributed by atoms with Crippen molar-refractivity contribution in [2.75, 3.05) is 0 Å². The molecule has 0 unspecified atom stereocenters. The van der Waals surface area contributed by atoms with Crippen molar-refractivity contribution in [3.63, 3.8) is 0 Å². The van der Waals surface area contributed by atoms with Crippen LogP contribution < -0.4 is 10.0 Å². The number of benzene rings is 5. The van der Waals surface area contributed by atoms with Crippen LogP contribution in [0.25, 0.3) is 43.8 Å². The summed E-state index contributed by atoms with van der Waals surface area (Å²) in [6, 6.07) is 28.1. The molecule has 5 aromatic rings. The van der Waals surface area contributed by atoms with E-state index < -0.39 is 8.15 Å². The number of aryl methyl sites for hydroxylation is 3. The predicted octanol–water partition coefficient (Wildman–Crippen LogP) is 8.01.